The molecule has 116 valence electrons. The molecule has 4 nitrogen and oxygen atoms in total. The Balaban J connectivity index is 2.32. The van der Waals surface area contributed by atoms with Gasteiger partial charge in [0.25, 0.3) is 0 Å². The van der Waals surface area contributed by atoms with Gasteiger partial charge in [-0.25, -0.2) is 0 Å². The fraction of sp³-hybridized carbons (Fsp3) is 0.500. The molecule has 0 atom stereocenters. The molecule has 1 amide bonds. The van der Waals surface area contributed by atoms with Crippen LogP contribution >= 0.6 is 12.2 Å². The van der Waals surface area contributed by atoms with Crippen LogP contribution in [0.15, 0.2) is 24.3 Å². The second kappa shape index (κ2) is 8.10. The van der Waals surface area contributed by atoms with E-state index >= 15 is 0 Å². The quantitative estimate of drug-likeness (QED) is 0.571. The second-order valence-corrected chi connectivity index (χ2v) is 5.99. The van der Waals surface area contributed by atoms with Crippen LogP contribution in [0.3, 0.4) is 0 Å². The highest BCUT2D eigenvalue weighted by atomic mass is 32.1. The van der Waals surface area contributed by atoms with Gasteiger partial charge in [0.2, 0.25) is 5.91 Å². The average molecular weight is 308 g/mol. The Bertz CT molecular complexity index is 484. The molecule has 0 aliphatic heterocycles. The van der Waals surface area contributed by atoms with Gasteiger partial charge < -0.3 is 15.8 Å². The molecule has 0 aliphatic carbocycles. The molecule has 0 radical (unpaired) electrons. The Morgan fingerprint density at radius 1 is 1.33 bits per heavy atom. The molecule has 5 heteroatoms. The Labute approximate surface area is 132 Å². The third-order valence-corrected chi connectivity index (χ3v) is 3.58. The Morgan fingerprint density at radius 3 is 2.48 bits per heavy atom. The SMILES string of the molecule is CCC(C)(C)OCCCC(=O)Nc1ccc(C(N)=S)cc1. The van der Waals surface area contributed by atoms with Gasteiger partial charge in [0.05, 0.1) is 5.60 Å². The number of benzene rings is 1. The zero-order valence-electron chi connectivity index (χ0n) is 12.9. The maximum absolute atomic E-state index is 11.8. The second-order valence-electron chi connectivity index (χ2n) is 5.56. The molecule has 0 unspecified atom stereocenters. The highest BCUT2D eigenvalue weighted by Gasteiger charge is 2.14. The van der Waals surface area contributed by atoms with E-state index in [1.807, 2.05) is 0 Å². The molecule has 0 aromatic heterocycles. The number of hydrogen-bond donors (Lipinski definition) is 2. The van der Waals surface area contributed by atoms with Crippen LogP contribution in [0.1, 0.15) is 45.6 Å². The molecule has 21 heavy (non-hydrogen) atoms. The molecule has 0 bridgehead atoms. The van der Waals surface area contributed by atoms with Crippen molar-refractivity contribution >= 4 is 28.8 Å². The summed E-state index contributed by atoms with van der Waals surface area (Å²) in [5, 5.41) is 2.84. The third-order valence-electron chi connectivity index (χ3n) is 3.35. The molecule has 0 fully saturated rings. The molecule has 3 N–H and O–H groups in total. The van der Waals surface area contributed by atoms with Gasteiger partial charge in [-0.2, -0.15) is 0 Å². The zero-order valence-corrected chi connectivity index (χ0v) is 13.8. The molecule has 0 aliphatic rings. The van der Waals surface area contributed by atoms with E-state index in [1.165, 1.54) is 0 Å². The first-order valence-corrected chi connectivity index (χ1v) is 7.58. The summed E-state index contributed by atoms with van der Waals surface area (Å²) >= 11 is 4.88. The summed E-state index contributed by atoms with van der Waals surface area (Å²) in [6.07, 6.45) is 2.10. The largest absolute Gasteiger partial charge is 0.389 e. The van der Waals surface area contributed by atoms with Crippen molar-refractivity contribution in [3.05, 3.63) is 29.8 Å². The van der Waals surface area contributed by atoms with Crippen LogP contribution in [0.2, 0.25) is 0 Å². The third kappa shape index (κ3) is 6.69. The molecular weight excluding hydrogens is 284 g/mol. The first kappa shape index (κ1) is 17.6. The smallest absolute Gasteiger partial charge is 0.224 e. The first-order valence-electron chi connectivity index (χ1n) is 7.18. The van der Waals surface area contributed by atoms with Crippen molar-refractivity contribution in [2.45, 2.75) is 45.6 Å². The standard InChI is InChI=1S/C16H24N2O2S/c1-4-16(2,3)20-11-5-6-14(19)18-13-9-7-12(8-10-13)15(17)21/h7-10H,4-6,11H2,1-3H3,(H2,17,21)(H,18,19). The van der Waals surface area contributed by atoms with Gasteiger partial charge >= 0.3 is 0 Å². The van der Waals surface area contributed by atoms with Gasteiger partial charge in [-0.1, -0.05) is 19.1 Å². The van der Waals surface area contributed by atoms with Crippen molar-refractivity contribution in [1.29, 1.82) is 0 Å². The Morgan fingerprint density at radius 2 is 1.95 bits per heavy atom. The van der Waals surface area contributed by atoms with Crippen LogP contribution in [0.25, 0.3) is 0 Å². The van der Waals surface area contributed by atoms with Crippen LogP contribution in [0, 0.1) is 0 Å². The van der Waals surface area contributed by atoms with Gasteiger partial charge in [-0.3, -0.25) is 4.79 Å². The summed E-state index contributed by atoms with van der Waals surface area (Å²) in [7, 11) is 0. The van der Waals surface area contributed by atoms with Crippen molar-refractivity contribution in [2.24, 2.45) is 5.73 Å². The molecule has 0 saturated heterocycles. The molecular formula is C16H24N2O2S. The van der Waals surface area contributed by atoms with Crippen molar-refractivity contribution in [2.75, 3.05) is 11.9 Å². The predicted octanol–water partition coefficient (Wildman–Crippen LogP) is 3.24. The summed E-state index contributed by atoms with van der Waals surface area (Å²) in [4.78, 5) is 12.2. The van der Waals surface area contributed by atoms with Crippen LogP contribution in [0.5, 0.6) is 0 Å². The lowest BCUT2D eigenvalue weighted by Gasteiger charge is -2.23. The summed E-state index contributed by atoms with van der Waals surface area (Å²) in [6, 6.07) is 7.18. The number of carbonyl (C=O) groups excluding carboxylic acids is 1. The topological polar surface area (TPSA) is 64.3 Å². The average Bonchev–Trinajstić information content (AvgIpc) is 2.44. The number of ether oxygens (including phenoxy) is 1. The minimum atomic E-state index is -0.118. The van der Waals surface area contributed by atoms with Crippen molar-refractivity contribution < 1.29 is 9.53 Å². The van der Waals surface area contributed by atoms with Crippen LogP contribution in [-0.2, 0) is 9.53 Å². The van der Waals surface area contributed by atoms with Gasteiger partial charge in [0.15, 0.2) is 0 Å². The van der Waals surface area contributed by atoms with Crippen molar-refractivity contribution in [3.8, 4) is 0 Å². The van der Waals surface area contributed by atoms with E-state index in [9.17, 15) is 4.79 Å². The number of nitrogens with one attached hydrogen (secondary N) is 1. The molecule has 0 spiro atoms. The van der Waals surface area contributed by atoms with E-state index in [2.05, 4.69) is 26.1 Å². The summed E-state index contributed by atoms with van der Waals surface area (Å²) < 4.78 is 5.71. The first-order chi connectivity index (χ1) is 9.84. The summed E-state index contributed by atoms with van der Waals surface area (Å²) in [6.45, 7) is 6.78. The minimum absolute atomic E-state index is 0.0176. The highest BCUT2D eigenvalue weighted by molar-refractivity contribution is 7.80. The Kier molecular flexibility index (Phi) is 6.78. The number of anilines is 1. The number of nitrogens with two attached hydrogens (primary N) is 1. The molecule has 0 saturated carbocycles. The predicted molar refractivity (Wildman–Crippen MR) is 90.5 cm³/mol. The monoisotopic (exact) mass is 308 g/mol. The Hall–Kier alpha value is -1.46. The maximum atomic E-state index is 11.8. The minimum Gasteiger partial charge on any atom is -0.389 e. The maximum Gasteiger partial charge on any atom is 0.224 e. The van der Waals surface area contributed by atoms with E-state index in [1.54, 1.807) is 24.3 Å². The van der Waals surface area contributed by atoms with Gasteiger partial charge in [0, 0.05) is 24.3 Å². The van der Waals surface area contributed by atoms with Crippen molar-refractivity contribution in [1.82, 2.24) is 0 Å². The van der Waals surface area contributed by atoms with E-state index < -0.39 is 0 Å². The number of thiocarbonyl (C=S) groups is 1. The number of amides is 1. The molecule has 1 rings (SSSR count). The van der Waals surface area contributed by atoms with Crippen LogP contribution in [-0.4, -0.2) is 23.1 Å². The zero-order chi connectivity index (χ0) is 15.9. The van der Waals surface area contributed by atoms with Crippen LogP contribution in [0.4, 0.5) is 5.69 Å². The number of carbonyl (C=O) groups is 1. The van der Waals surface area contributed by atoms with Gasteiger partial charge in [-0.05, 0) is 51.0 Å². The number of rotatable bonds is 8. The van der Waals surface area contributed by atoms with Gasteiger partial charge in [0.1, 0.15) is 4.99 Å². The van der Waals surface area contributed by atoms with Crippen LogP contribution < -0.4 is 11.1 Å². The highest BCUT2D eigenvalue weighted by Crippen LogP contribution is 2.14. The summed E-state index contributed by atoms with van der Waals surface area (Å²) in [5.41, 5.74) is 6.94. The molecule has 1 aromatic carbocycles. The van der Waals surface area contributed by atoms with Gasteiger partial charge in [-0.15, -0.1) is 0 Å². The van der Waals surface area contributed by atoms with Crippen molar-refractivity contribution in [3.63, 3.8) is 0 Å². The lowest BCUT2D eigenvalue weighted by Crippen LogP contribution is -2.24. The molecule has 1 aromatic rings. The lowest BCUT2D eigenvalue weighted by atomic mass is 10.1. The molecule has 0 heterocycles. The van der Waals surface area contributed by atoms with E-state index in [0.717, 1.165) is 17.7 Å². The fourth-order valence-corrected chi connectivity index (χ4v) is 1.76. The summed E-state index contributed by atoms with van der Waals surface area (Å²) in [5.74, 6) is -0.0176. The van der Waals surface area contributed by atoms with E-state index in [-0.39, 0.29) is 11.5 Å². The normalized spacial score (nSPS) is 11.2. The van der Waals surface area contributed by atoms with E-state index in [4.69, 9.17) is 22.7 Å². The fourth-order valence-electron chi connectivity index (χ4n) is 1.62. The number of hydrogen-bond acceptors (Lipinski definition) is 3. The lowest BCUT2D eigenvalue weighted by molar-refractivity contribution is -0.117. The van der Waals surface area contributed by atoms with E-state index in [0.29, 0.717) is 24.4 Å².